The maximum Gasteiger partial charge on any atom is 0.350 e. The molecule has 0 spiro atoms. The Kier molecular flexibility index (Phi) is 2.71. The van der Waals surface area contributed by atoms with Crippen LogP contribution in [0.4, 0.5) is 5.95 Å². The number of hydrogen-bond acceptors (Lipinski definition) is 5. The standard InChI is InChI=1S/C12H12N6O/c13-10-16-11-14-9(15-12(19)18(11)17-10)7-6-8-4-2-1-3-5-8/h1-5H,6-7H2,(H3,13,14,15,16,17,19). The van der Waals surface area contributed by atoms with E-state index in [-0.39, 0.29) is 17.4 Å². The van der Waals surface area contributed by atoms with Crippen LogP contribution < -0.4 is 11.4 Å². The van der Waals surface area contributed by atoms with Gasteiger partial charge in [0, 0.05) is 6.42 Å². The van der Waals surface area contributed by atoms with E-state index < -0.39 is 0 Å². The zero-order chi connectivity index (χ0) is 13.2. The minimum absolute atomic E-state index is 0.0400. The van der Waals surface area contributed by atoms with Crippen LogP contribution in [0.1, 0.15) is 11.4 Å². The van der Waals surface area contributed by atoms with Crippen molar-refractivity contribution in [1.29, 1.82) is 0 Å². The molecule has 3 rings (SSSR count). The first-order valence-corrected chi connectivity index (χ1v) is 5.88. The van der Waals surface area contributed by atoms with Crippen LogP contribution in [0.25, 0.3) is 5.78 Å². The molecular formula is C12H12N6O. The van der Waals surface area contributed by atoms with Gasteiger partial charge in [0.05, 0.1) is 0 Å². The summed E-state index contributed by atoms with van der Waals surface area (Å²) in [6, 6.07) is 9.99. The van der Waals surface area contributed by atoms with Crippen LogP contribution in [0.3, 0.4) is 0 Å². The fourth-order valence-electron chi connectivity index (χ4n) is 1.88. The first-order chi connectivity index (χ1) is 9.22. The Labute approximate surface area is 108 Å². The van der Waals surface area contributed by atoms with Crippen LogP contribution in [0.5, 0.6) is 0 Å². The Morgan fingerprint density at radius 2 is 1.95 bits per heavy atom. The Bertz CT molecular complexity index is 761. The largest absolute Gasteiger partial charge is 0.366 e. The molecule has 2 heterocycles. The molecule has 3 aromatic rings. The number of fused-ring (bicyclic) bond motifs is 1. The molecule has 0 fully saturated rings. The summed E-state index contributed by atoms with van der Waals surface area (Å²) >= 11 is 0. The SMILES string of the molecule is Nc1nc2nc(CCc3ccccc3)[nH]c(=O)n2n1. The number of benzene rings is 1. The summed E-state index contributed by atoms with van der Waals surface area (Å²) in [4.78, 5) is 22.5. The molecule has 2 aromatic heterocycles. The van der Waals surface area contributed by atoms with E-state index in [2.05, 4.69) is 20.1 Å². The Morgan fingerprint density at radius 1 is 1.16 bits per heavy atom. The number of nitrogens with one attached hydrogen (secondary N) is 1. The molecule has 1 aromatic carbocycles. The molecule has 0 saturated heterocycles. The molecule has 0 aliphatic heterocycles. The lowest BCUT2D eigenvalue weighted by molar-refractivity contribution is 0.774. The smallest absolute Gasteiger partial charge is 0.350 e. The van der Waals surface area contributed by atoms with Gasteiger partial charge in [-0.15, -0.1) is 9.61 Å². The lowest BCUT2D eigenvalue weighted by Crippen LogP contribution is -2.21. The predicted molar refractivity (Wildman–Crippen MR) is 69.7 cm³/mol. The van der Waals surface area contributed by atoms with Gasteiger partial charge in [-0.05, 0) is 12.0 Å². The molecule has 7 nitrogen and oxygen atoms in total. The van der Waals surface area contributed by atoms with Crippen molar-refractivity contribution in [2.45, 2.75) is 12.8 Å². The zero-order valence-electron chi connectivity index (χ0n) is 10.1. The van der Waals surface area contributed by atoms with Crippen LogP contribution in [-0.2, 0) is 12.8 Å². The third-order valence-corrected chi connectivity index (χ3v) is 2.78. The third kappa shape index (κ3) is 2.30. The van der Waals surface area contributed by atoms with Crippen molar-refractivity contribution in [2.24, 2.45) is 0 Å². The van der Waals surface area contributed by atoms with Crippen LogP contribution in [0.15, 0.2) is 35.1 Å². The van der Waals surface area contributed by atoms with Crippen molar-refractivity contribution in [3.63, 3.8) is 0 Å². The molecule has 0 radical (unpaired) electrons. The normalized spacial score (nSPS) is 10.9. The molecule has 19 heavy (non-hydrogen) atoms. The number of aromatic nitrogens is 5. The molecular weight excluding hydrogens is 244 g/mol. The number of anilines is 1. The van der Waals surface area contributed by atoms with Crippen LogP contribution in [0, 0.1) is 0 Å². The summed E-state index contributed by atoms with van der Waals surface area (Å²) in [5, 5.41) is 3.75. The van der Waals surface area contributed by atoms with Gasteiger partial charge < -0.3 is 5.73 Å². The Balaban J connectivity index is 1.87. The van der Waals surface area contributed by atoms with E-state index in [0.717, 1.165) is 10.9 Å². The van der Waals surface area contributed by atoms with Gasteiger partial charge in [-0.25, -0.2) is 4.79 Å². The van der Waals surface area contributed by atoms with Gasteiger partial charge >= 0.3 is 5.69 Å². The highest BCUT2D eigenvalue weighted by Gasteiger charge is 2.07. The molecule has 0 unspecified atom stereocenters. The summed E-state index contributed by atoms with van der Waals surface area (Å²) in [7, 11) is 0. The predicted octanol–water partition coefficient (Wildman–Crippen LogP) is 0.180. The first-order valence-electron chi connectivity index (χ1n) is 5.88. The summed E-state index contributed by atoms with van der Waals surface area (Å²) in [6.07, 6.45) is 1.42. The number of nitrogen functional groups attached to an aromatic ring is 1. The molecule has 7 heteroatoms. The van der Waals surface area contributed by atoms with Crippen LogP contribution >= 0.6 is 0 Å². The highest BCUT2D eigenvalue weighted by molar-refractivity contribution is 5.32. The summed E-state index contributed by atoms with van der Waals surface area (Å²) in [5.41, 5.74) is 6.25. The van der Waals surface area contributed by atoms with E-state index in [9.17, 15) is 4.79 Å². The van der Waals surface area contributed by atoms with Crippen molar-refractivity contribution in [3.05, 3.63) is 52.2 Å². The van der Waals surface area contributed by atoms with Gasteiger partial charge in [0.1, 0.15) is 5.82 Å². The average Bonchev–Trinajstić information content (AvgIpc) is 2.79. The van der Waals surface area contributed by atoms with E-state index in [1.54, 1.807) is 0 Å². The number of H-pyrrole nitrogens is 1. The maximum atomic E-state index is 11.7. The average molecular weight is 256 g/mol. The van der Waals surface area contributed by atoms with E-state index in [0.29, 0.717) is 12.2 Å². The van der Waals surface area contributed by atoms with Crippen molar-refractivity contribution < 1.29 is 0 Å². The topological polar surface area (TPSA) is 102 Å². The van der Waals surface area contributed by atoms with Crippen molar-refractivity contribution in [1.82, 2.24) is 24.6 Å². The van der Waals surface area contributed by atoms with Gasteiger partial charge in [0.2, 0.25) is 5.95 Å². The number of hydrogen-bond donors (Lipinski definition) is 2. The molecule has 0 amide bonds. The van der Waals surface area contributed by atoms with E-state index >= 15 is 0 Å². The van der Waals surface area contributed by atoms with Gasteiger partial charge in [-0.3, -0.25) is 4.98 Å². The Morgan fingerprint density at radius 3 is 2.74 bits per heavy atom. The molecule has 0 aliphatic carbocycles. The zero-order valence-corrected chi connectivity index (χ0v) is 10.1. The van der Waals surface area contributed by atoms with Crippen molar-refractivity contribution >= 4 is 11.7 Å². The molecule has 96 valence electrons. The highest BCUT2D eigenvalue weighted by atomic mass is 16.1. The molecule has 0 atom stereocenters. The van der Waals surface area contributed by atoms with Crippen LogP contribution in [-0.4, -0.2) is 24.6 Å². The van der Waals surface area contributed by atoms with E-state index in [4.69, 9.17) is 5.73 Å². The number of aromatic amines is 1. The van der Waals surface area contributed by atoms with E-state index in [1.807, 2.05) is 30.3 Å². The van der Waals surface area contributed by atoms with Gasteiger partial charge in [0.25, 0.3) is 5.78 Å². The maximum absolute atomic E-state index is 11.7. The molecule has 0 saturated carbocycles. The number of nitrogens with two attached hydrogens (primary N) is 1. The summed E-state index contributed by atoms with van der Waals surface area (Å²) < 4.78 is 1.06. The second kappa shape index (κ2) is 4.52. The lowest BCUT2D eigenvalue weighted by Gasteiger charge is -2.01. The minimum Gasteiger partial charge on any atom is -0.366 e. The quantitative estimate of drug-likeness (QED) is 0.696. The molecule has 0 aliphatic rings. The third-order valence-electron chi connectivity index (χ3n) is 2.78. The van der Waals surface area contributed by atoms with Crippen LogP contribution in [0.2, 0.25) is 0 Å². The first kappa shape index (κ1) is 11.4. The fourth-order valence-corrected chi connectivity index (χ4v) is 1.88. The van der Waals surface area contributed by atoms with Crippen molar-refractivity contribution in [2.75, 3.05) is 5.73 Å². The second-order valence-corrected chi connectivity index (χ2v) is 4.16. The van der Waals surface area contributed by atoms with Gasteiger partial charge in [0.15, 0.2) is 0 Å². The lowest BCUT2D eigenvalue weighted by atomic mass is 10.1. The highest BCUT2D eigenvalue weighted by Crippen LogP contribution is 2.03. The van der Waals surface area contributed by atoms with Crippen molar-refractivity contribution in [3.8, 4) is 0 Å². The molecule has 3 N–H and O–H groups in total. The second-order valence-electron chi connectivity index (χ2n) is 4.16. The van der Waals surface area contributed by atoms with Gasteiger partial charge in [-0.1, -0.05) is 30.3 Å². The summed E-state index contributed by atoms with van der Waals surface area (Å²) in [5.74, 6) is 0.844. The fraction of sp³-hybridized carbons (Fsp3) is 0.167. The number of aryl methyl sites for hydroxylation is 2. The summed E-state index contributed by atoms with van der Waals surface area (Å²) in [6.45, 7) is 0. The number of nitrogens with zero attached hydrogens (tertiary/aromatic N) is 4. The van der Waals surface area contributed by atoms with Gasteiger partial charge in [-0.2, -0.15) is 9.97 Å². The Hall–Kier alpha value is -2.70. The van der Waals surface area contributed by atoms with E-state index in [1.165, 1.54) is 5.56 Å². The molecule has 0 bridgehead atoms. The number of rotatable bonds is 3. The monoisotopic (exact) mass is 256 g/mol. The minimum atomic E-state index is -0.378.